The molecular weight excluding hydrogens is 314 g/mol. The van der Waals surface area contributed by atoms with Crippen molar-refractivity contribution in [3.63, 3.8) is 0 Å². The van der Waals surface area contributed by atoms with Crippen molar-refractivity contribution < 1.29 is 0 Å². The number of thioether (sulfide) groups is 1. The summed E-state index contributed by atoms with van der Waals surface area (Å²) < 4.78 is 0. The molecule has 0 N–H and O–H groups in total. The normalized spacial score (nSPS) is 14.9. The molecule has 3 nitrogen and oxygen atoms in total. The van der Waals surface area contributed by atoms with Crippen LogP contribution in [-0.4, -0.2) is 23.1 Å². The van der Waals surface area contributed by atoms with Crippen molar-refractivity contribution in [2.24, 2.45) is 0 Å². The lowest BCUT2D eigenvalue weighted by atomic mass is 10.1. The van der Waals surface area contributed by atoms with Crippen molar-refractivity contribution in [2.75, 3.05) is 18.0 Å². The number of aromatic nitrogens is 2. The molecule has 0 unspecified atom stereocenters. The van der Waals surface area contributed by atoms with E-state index in [0.29, 0.717) is 0 Å². The summed E-state index contributed by atoms with van der Waals surface area (Å²) in [5.41, 5.74) is 1.36. The van der Waals surface area contributed by atoms with Gasteiger partial charge in [0.15, 0.2) is 0 Å². The van der Waals surface area contributed by atoms with Crippen molar-refractivity contribution in [2.45, 2.75) is 30.0 Å². The van der Waals surface area contributed by atoms with Crippen LogP contribution in [0, 0.1) is 0 Å². The molecule has 2 aromatic carbocycles. The van der Waals surface area contributed by atoms with Crippen LogP contribution in [0.3, 0.4) is 0 Å². The van der Waals surface area contributed by atoms with E-state index in [4.69, 9.17) is 0 Å². The standard InChI is InChI=1S/C20H21N3S/c1-4-11-23(12-5-1)19-13-20(22-15-21-19)24-14-17-9-6-8-16-7-2-3-10-18(16)17/h2-3,6-10,13,15H,1,4-5,11-12,14H2. The van der Waals surface area contributed by atoms with E-state index in [2.05, 4.69) is 63.4 Å². The first kappa shape index (κ1) is 15.5. The molecular formula is C20H21N3S. The first-order chi connectivity index (χ1) is 11.9. The number of hydrogen-bond acceptors (Lipinski definition) is 4. The molecule has 1 aliphatic heterocycles. The lowest BCUT2D eigenvalue weighted by molar-refractivity contribution is 0.572. The van der Waals surface area contributed by atoms with Gasteiger partial charge in [-0.2, -0.15) is 0 Å². The van der Waals surface area contributed by atoms with Crippen molar-refractivity contribution in [1.29, 1.82) is 0 Å². The molecule has 0 radical (unpaired) electrons. The minimum atomic E-state index is 0.928. The highest BCUT2D eigenvalue weighted by molar-refractivity contribution is 7.98. The van der Waals surface area contributed by atoms with Crippen LogP contribution in [0.25, 0.3) is 10.8 Å². The number of anilines is 1. The third-order valence-electron chi connectivity index (χ3n) is 4.56. The molecule has 3 aromatic rings. The van der Waals surface area contributed by atoms with E-state index >= 15 is 0 Å². The van der Waals surface area contributed by atoms with E-state index in [1.165, 1.54) is 35.6 Å². The molecule has 0 saturated carbocycles. The van der Waals surface area contributed by atoms with Gasteiger partial charge in [-0.15, -0.1) is 11.8 Å². The summed E-state index contributed by atoms with van der Waals surface area (Å²) in [4.78, 5) is 11.3. The summed E-state index contributed by atoms with van der Waals surface area (Å²) in [5, 5.41) is 3.68. The van der Waals surface area contributed by atoms with E-state index in [1.54, 1.807) is 18.1 Å². The second kappa shape index (κ2) is 7.22. The second-order valence-electron chi connectivity index (χ2n) is 6.19. The molecule has 122 valence electrons. The Bertz CT molecular complexity index is 822. The van der Waals surface area contributed by atoms with E-state index in [1.807, 2.05) is 0 Å². The zero-order valence-corrected chi connectivity index (χ0v) is 14.5. The Labute approximate surface area is 147 Å². The maximum Gasteiger partial charge on any atom is 0.133 e. The predicted molar refractivity (Wildman–Crippen MR) is 102 cm³/mol. The highest BCUT2D eigenvalue weighted by Gasteiger charge is 2.13. The smallest absolute Gasteiger partial charge is 0.133 e. The Kier molecular flexibility index (Phi) is 4.65. The minimum Gasteiger partial charge on any atom is -0.356 e. The number of fused-ring (bicyclic) bond motifs is 1. The fraction of sp³-hybridized carbons (Fsp3) is 0.300. The van der Waals surface area contributed by atoms with Gasteiger partial charge in [0, 0.05) is 24.9 Å². The van der Waals surface area contributed by atoms with Gasteiger partial charge in [0.25, 0.3) is 0 Å². The van der Waals surface area contributed by atoms with Crippen LogP contribution in [-0.2, 0) is 5.75 Å². The Balaban J connectivity index is 1.51. The molecule has 0 amide bonds. The average molecular weight is 335 g/mol. The zero-order chi connectivity index (χ0) is 16.2. The van der Waals surface area contributed by atoms with Crippen molar-refractivity contribution in [3.8, 4) is 0 Å². The molecule has 1 aromatic heterocycles. The average Bonchev–Trinajstić information content (AvgIpc) is 2.67. The summed E-state index contributed by atoms with van der Waals surface area (Å²) in [6, 6.07) is 17.2. The second-order valence-corrected chi connectivity index (χ2v) is 7.18. The fourth-order valence-corrected chi connectivity index (χ4v) is 4.14. The Morgan fingerprint density at radius 1 is 0.917 bits per heavy atom. The van der Waals surface area contributed by atoms with Crippen molar-refractivity contribution in [1.82, 2.24) is 9.97 Å². The molecule has 0 aliphatic carbocycles. The molecule has 0 atom stereocenters. The van der Waals surface area contributed by atoms with Gasteiger partial charge < -0.3 is 4.90 Å². The van der Waals surface area contributed by atoms with Gasteiger partial charge in [-0.05, 0) is 35.6 Å². The largest absolute Gasteiger partial charge is 0.356 e. The van der Waals surface area contributed by atoms with E-state index in [0.717, 1.165) is 29.7 Å². The molecule has 1 saturated heterocycles. The first-order valence-electron chi connectivity index (χ1n) is 8.56. The summed E-state index contributed by atoms with van der Waals surface area (Å²) in [6.45, 7) is 2.23. The van der Waals surface area contributed by atoms with Gasteiger partial charge >= 0.3 is 0 Å². The van der Waals surface area contributed by atoms with Crippen LogP contribution < -0.4 is 4.90 Å². The van der Waals surface area contributed by atoms with Gasteiger partial charge in [-0.1, -0.05) is 42.5 Å². The number of benzene rings is 2. The number of nitrogens with zero attached hydrogens (tertiary/aromatic N) is 3. The van der Waals surface area contributed by atoms with Crippen LogP contribution >= 0.6 is 11.8 Å². The third kappa shape index (κ3) is 3.39. The summed E-state index contributed by atoms with van der Waals surface area (Å²) in [6.07, 6.45) is 5.57. The molecule has 24 heavy (non-hydrogen) atoms. The number of rotatable bonds is 4. The van der Waals surface area contributed by atoms with E-state index < -0.39 is 0 Å². The Morgan fingerprint density at radius 3 is 2.67 bits per heavy atom. The molecule has 1 aliphatic rings. The van der Waals surface area contributed by atoms with Crippen LogP contribution in [0.4, 0.5) is 5.82 Å². The number of piperidine rings is 1. The summed E-state index contributed by atoms with van der Waals surface area (Å²) in [5.74, 6) is 2.00. The quantitative estimate of drug-likeness (QED) is 0.500. The maximum atomic E-state index is 4.47. The predicted octanol–water partition coefficient (Wildman–Crippen LogP) is 4.91. The fourth-order valence-electron chi connectivity index (χ4n) is 3.27. The molecule has 2 heterocycles. The molecule has 0 bridgehead atoms. The molecule has 4 heteroatoms. The molecule has 0 spiro atoms. The summed E-state index contributed by atoms with van der Waals surface area (Å²) in [7, 11) is 0. The van der Waals surface area contributed by atoms with Gasteiger partial charge in [0.1, 0.15) is 17.2 Å². The number of hydrogen-bond donors (Lipinski definition) is 0. The highest BCUT2D eigenvalue weighted by atomic mass is 32.2. The highest BCUT2D eigenvalue weighted by Crippen LogP contribution is 2.28. The molecule has 1 fully saturated rings. The van der Waals surface area contributed by atoms with Crippen molar-refractivity contribution >= 4 is 28.4 Å². The lowest BCUT2D eigenvalue weighted by Crippen LogP contribution is -2.30. The van der Waals surface area contributed by atoms with Crippen LogP contribution in [0.5, 0.6) is 0 Å². The van der Waals surface area contributed by atoms with E-state index in [-0.39, 0.29) is 0 Å². The summed E-state index contributed by atoms with van der Waals surface area (Å²) >= 11 is 1.79. The van der Waals surface area contributed by atoms with Crippen LogP contribution in [0.15, 0.2) is 59.9 Å². The zero-order valence-electron chi connectivity index (χ0n) is 13.7. The van der Waals surface area contributed by atoms with Gasteiger partial charge in [-0.3, -0.25) is 0 Å². The topological polar surface area (TPSA) is 29.0 Å². The third-order valence-corrected chi connectivity index (χ3v) is 5.54. The first-order valence-corrected chi connectivity index (χ1v) is 9.55. The lowest BCUT2D eigenvalue weighted by Gasteiger charge is -2.27. The van der Waals surface area contributed by atoms with Gasteiger partial charge in [0.05, 0.1) is 0 Å². The van der Waals surface area contributed by atoms with Crippen LogP contribution in [0.1, 0.15) is 24.8 Å². The minimum absolute atomic E-state index is 0.928. The monoisotopic (exact) mass is 335 g/mol. The Hall–Kier alpha value is -2.07. The van der Waals surface area contributed by atoms with E-state index in [9.17, 15) is 0 Å². The Morgan fingerprint density at radius 2 is 1.75 bits per heavy atom. The SMILES string of the molecule is c1ccc2c(CSc3cc(N4CCCCC4)ncn3)cccc2c1. The van der Waals surface area contributed by atoms with Crippen molar-refractivity contribution in [3.05, 3.63) is 60.4 Å². The van der Waals surface area contributed by atoms with Crippen LogP contribution in [0.2, 0.25) is 0 Å². The molecule has 4 rings (SSSR count). The van der Waals surface area contributed by atoms with Gasteiger partial charge in [0.2, 0.25) is 0 Å². The van der Waals surface area contributed by atoms with Gasteiger partial charge in [-0.25, -0.2) is 9.97 Å². The maximum absolute atomic E-state index is 4.47.